The van der Waals surface area contributed by atoms with Crippen molar-refractivity contribution in [2.24, 2.45) is 0 Å². The predicted molar refractivity (Wildman–Crippen MR) is 98.1 cm³/mol. The number of anilines is 1. The molecule has 0 unspecified atom stereocenters. The van der Waals surface area contributed by atoms with Gasteiger partial charge in [0.15, 0.2) is 11.4 Å². The zero-order valence-corrected chi connectivity index (χ0v) is 15.4. The largest absolute Gasteiger partial charge is 0.419 e. The number of ketones is 1. The van der Waals surface area contributed by atoms with E-state index in [1.165, 1.54) is 23.6 Å². The van der Waals surface area contributed by atoms with E-state index < -0.39 is 15.8 Å². The molecule has 26 heavy (non-hydrogen) atoms. The smallest absolute Gasteiger partial charge is 0.408 e. The second-order valence-corrected chi connectivity index (χ2v) is 7.59. The topological polar surface area (TPSA) is 98.4 Å². The number of Topliss-reactive ketones (excluding diaryl/α,β-unsaturated/α-hetero) is 1. The molecular formula is C18H18N2O5S. The van der Waals surface area contributed by atoms with Crippen molar-refractivity contribution in [3.8, 4) is 0 Å². The number of carbonyl (C=O) groups is 1. The predicted octanol–water partition coefficient (Wildman–Crippen LogP) is 2.93. The number of hydrogen-bond donors (Lipinski definition) is 1. The van der Waals surface area contributed by atoms with E-state index in [0.717, 1.165) is 0 Å². The van der Waals surface area contributed by atoms with E-state index in [1.807, 2.05) is 0 Å². The van der Waals surface area contributed by atoms with Crippen molar-refractivity contribution in [2.45, 2.75) is 32.2 Å². The van der Waals surface area contributed by atoms with E-state index in [1.54, 1.807) is 38.1 Å². The van der Waals surface area contributed by atoms with Crippen LogP contribution < -0.4 is 10.5 Å². The van der Waals surface area contributed by atoms with Crippen molar-refractivity contribution in [3.63, 3.8) is 0 Å². The Balaban J connectivity index is 2.07. The van der Waals surface area contributed by atoms with Crippen LogP contribution in [0.2, 0.25) is 0 Å². The number of rotatable bonds is 5. The molecule has 0 fully saturated rings. The van der Waals surface area contributed by atoms with Crippen LogP contribution in [0.5, 0.6) is 0 Å². The number of hydrogen-bond acceptors (Lipinski definition) is 5. The third-order valence-corrected chi connectivity index (χ3v) is 5.62. The maximum Gasteiger partial charge on any atom is 0.419 e. The molecule has 136 valence electrons. The Morgan fingerprint density at radius 3 is 2.62 bits per heavy atom. The monoisotopic (exact) mass is 374 g/mol. The Morgan fingerprint density at radius 2 is 1.96 bits per heavy atom. The van der Waals surface area contributed by atoms with Gasteiger partial charge in [0.25, 0.3) is 10.0 Å². The number of carbonyl (C=O) groups excluding carboxylic acids is 1. The molecule has 0 aliphatic rings. The lowest BCUT2D eigenvalue weighted by molar-refractivity contribution is 0.101. The standard InChI is InChI=1S/C18H18N2O5S/c1-4-20-15-8-11(2)17(10-16(15)25-18(20)22)26(23,24)19-14-7-5-6-13(9-14)12(3)21/h5-10,19H,4H2,1-3H3. The Labute approximate surface area is 150 Å². The molecule has 1 N–H and O–H groups in total. The molecule has 1 heterocycles. The first-order valence-electron chi connectivity index (χ1n) is 8.00. The maximum atomic E-state index is 12.8. The summed E-state index contributed by atoms with van der Waals surface area (Å²) < 4.78 is 34.6. The molecule has 0 atom stereocenters. The van der Waals surface area contributed by atoms with Crippen molar-refractivity contribution in [1.82, 2.24) is 4.57 Å². The molecule has 1 aromatic heterocycles. The highest BCUT2D eigenvalue weighted by molar-refractivity contribution is 7.92. The van der Waals surface area contributed by atoms with Crippen LogP contribution in [-0.2, 0) is 16.6 Å². The summed E-state index contributed by atoms with van der Waals surface area (Å²) in [6.07, 6.45) is 0. The SMILES string of the molecule is CCn1c(=O)oc2cc(S(=O)(=O)Nc3cccc(C(C)=O)c3)c(C)cc21. The molecule has 0 bridgehead atoms. The molecule has 2 aromatic carbocycles. The fourth-order valence-electron chi connectivity index (χ4n) is 2.80. The van der Waals surface area contributed by atoms with Crippen LogP contribution in [0.15, 0.2) is 50.5 Å². The third-order valence-electron chi connectivity index (χ3n) is 4.09. The number of nitrogens with one attached hydrogen (secondary N) is 1. The van der Waals surface area contributed by atoms with Crippen LogP contribution >= 0.6 is 0 Å². The summed E-state index contributed by atoms with van der Waals surface area (Å²) in [6.45, 7) is 5.29. The molecule has 0 radical (unpaired) electrons. The third kappa shape index (κ3) is 3.15. The van der Waals surface area contributed by atoms with Crippen LogP contribution in [0, 0.1) is 6.92 Å². The van der Waals surface area contributed by atoms with Crippen LogP contribution in [0.4, 0.5) is 5.69 Å². The van der Waals surface area contributed by atoms with Gasteiger partial charge in [0.05, 0.1) is 10.4 Å². The van der Waals surface area contributed by atoms with E-state index in [0.29, 0.717) is 23.2 Å². The molecule has 0 saturated carbocycles. The molecule has 3 rings (SSSR count). The molecule has 0 spiro atoms. The fraction of sp³-hybridized carbons (Fsp3) is 0.222. The van der Waals surface area contributed by atoms with Gasteiger partial charge in [0.1, 0.15) is 0 Å². The number of fused-ring (bicyclic) bond motifs is 1. The number of benzene rings is 2. The summed E-state index contributed by atoms with van der Waals surface area (Å²) in [5.74, 6) is -0.690. The van der Waals surface area contributed by atoms with Gasteiger partial charge in [-0.2, -0.15) is 0 Å². The maximum absolute atomic E-state index is 12.8. The molecule has 3 aromatic rings. The first-order chi connectivity index (χ1) is 12.2. The minimum atomic E-state index is -3.92. The number of nitrogens with zero attached hydrogens (tertiary/aromatic N) is 1. The van der Waals surface area contributed by atoms with Crippen LogP contribution in [0.25, 0.3) is 11.1 Å². The van der Waals surface area contributed by atoms with Gasteiger partial charge in [-0.25, -0.2) is 13.2 Å². The molecule has 0 amide bonds. The van der Waals surface area contributed by atoms with Crippen LogP contribution in [-0.4, -0.2) is 18.8 Å². The lowest BCUT2D eigenvalue weighted by atomic mass is 10.1. The normalized spacial score (nSPS) is 11.7. The fourth-order valence-corrected chi connectivity index (χ4v) is 4.09. The van der Waals surface area contributed by atoms with E-state index in [4.69, 9.17) is 4.42 Å². The second kappa shape index (κ2) is 6.45. The van der Waals surface area contributed by atoms with Gasteiger partial charge in [0.2, 0.25) is 0 Å². The zero-order chi connectivity index (χ0) is 19.1. The van der Waals surface area contributed by atoms with E-state index in [2.05, 4.69) is 4.72 Å². The van der Waals surface area contributed by atoms with Crippen molar-refractivity contribution >= 4 is 32.6 Å². The van der Waals surface area contributed by atoms with Crippen molar-refractivity contribution in [1.29, 1.82) is 0 Å². The lowest BCUT2D eigenvalue weighted by Crippen LogP contribution is -2.15. The molecule has 0 aliphatic heterocycles. The molecule has 0 aliphatic carbocycles. The summed E-state index contributed by atoms with van der Waals surface area (Å²) >= 11 is 0. The molecule has 7 nitrogen and oxygen atoms in total. The highest BCUT2D eigenvalue weighted by atomic mass is 32.2. The van der Waals surface area contributed by atoms with Gasteiger partial charge in [0, 0.05) is 23.9 Å². The Morgan fingerprint density at radius 1 is 1.23 bits per heavy atom. The average molecular weight is 374 g/mol. The average Bonchev–Trinajstić information content (AvgIpc) is 2.88. The quantitative estimate of drug-likeness (QED) is 0.693. The summed E-state index contributed by atoms with van der Waals surface area (Å²) in [5.41, 5.74) is 1.93. The van der Waals surface area contributed by atoms with Crippen molar-refractivity contribution in [3.05, 3.63) is 58.1 Å². The van der Waals surface area contributed by atoms with Crippen molar-refractivity contribution in [2.75, 3.05) is 4.72 Å². The van der Waals surface area contributed by atoms with Gasteiger partial charge < -0.3 is 4.42 Å². The summed E-state index contributed by atoms with van der Waals surface area (Å²) in [6, 6.07) is 9.21. The van der Waals surface area contributed by atoms with Gasteiger partial charge >= 0.3 is 5.76 Å². The zero-order valence-electron chi connectivity index (χ0n) is 14.6. The Hall–Kier alpha value is -2.87. The first-order valence-corrected chi connectivity index (χ1v) is 9.49. The van der Waals surface area contributed by atoms with Gasteiger partial charge in [-0.05, 0) is 44.5 Å². The summed E-state index contributed by atoms with van der Waals surface area (Å²) in [7, 11) is -3.92. The van der Waals surface area contributed by atoms with Gasteiger partial charge in [-0.3, -0.25) is 14.1 Å². The van der Waals surface area contributed by atoms with Gasteiger partial charge in [-0.15, -0.1) is 0 Å². The van der Waals surface area contributed by atoms with E-state index in [-0.39, 0.29) is 21.9 Å². The number of oxazole rings is 1. The van der Waals surface area contributed by atoms with Crippen molar-refractivity contribution < 1.29 is 17.6 Å². The minimum absolute atomic E-state index is 0.00947. The minimum Gasteiger partial charge on any atom is -0.408 e. The lowest BCUT2D eigenvalue weighted by Gasteiger charge is -2.11. The Bertz CT molecular complexity index is 1170. The van der Waals surface area contributed by atoms with Crippen LogP contribution in [0.1, 0.15) is 29.8 Å². The van der Waals surface area contributed by atoms with E-state index >= 15 is 0 Å². The molecular weight excluding hydrogens is 356 g/mol. The number of aromatic nitrogens is 1. The van der Waals surface area contributed by atoms with Gasteiger partial charge in [-0.1, -0.05) is 12.1 Å². The summed E-state index contributed by atoms with van der Waals surface area (Å²) in [4.78, 5) is 23.3. The Kier molecular flexibility index (Phi) is 4.45. The second-order valence-electron chi connectivity index (χ2n) is 5.94. The first kappa shape index (κ1) is 17.9. The van der Waals surface area contributed by atoms with E-state index in [9.17, 15) is 18.0 Å². The highest BCUT2D eigenvalue weighted by Gasteiger charge is 2.21. The molecule has 8 heteroatoms. The summed E-state index contributed by atoms with van der Waals surface area (Å²) in [5, 5.41) is 0. The highest BCUT2D eigenvalue weighted by Crippen LogP contribution is 2.25. The number of aryl methyl sites for hydroxylation is 2. The number of sulfonamides is 1. The van der Waals surface area contributed by atoms with Crippen LogP contribution in [0.3, 0.4) is 0 Å². The molecule has 0 saturated heterocycles.